The second-order valence-corrected chi connectivity index (χ2v) is 7.80. The number of nitrogens with zero attached hydrogens (tertiary/aromatic N) is 1. The largest absolute Gasteiger partial charge is 0.346 e. The Balaban J connectivity index is 2.15. The minimum atomic E-state index is -3.07. The van der Waals surface area contributed by atoms with Crippen LogP contribution in [-0.4, -0.2) is 36.4 Å². The third-order valence-electron chi connectivity index (χ3n) is 2.98. The molecule has 1 unspecified atom stereocenters. The van der Waals surface area contributed by atoms with Gasteiger partial charge in [0, 0.05) is 6.20 Å². The lowest BCUT2D eigenvalue weighted by Gasteiger charge is -2.23. The fourth-order valence-corrected chi connectivity index (χ4v) is 4.36. The molecule has 2 rings (SSSR count). The van der Waals surface area contributed by atoms with E-state index < -0.39 is 21.3 Å². The van der Waals surface area contributed by atoms with E-state index in [1.54, 1.807) is 6.92 Å². The summed E-state index contributed by atoms with van der Waals surface area (Å²) in [6.45, 7) is 1.71. The van der Waals surface area contributed by atoms with E-state index in [4.69, 9.17) is 23.2 Å². The van der Waals surface area contributed by atoms with E-state index in [0.717, 1.165) is 0 Å². The number of aromatic nitrogens is 1. The van der Waals surface area contributed by atoms with E-state index in [-0.39, 0.29) is 27.2 Å². The maximum Gasteiger partial charge on any atom is 0.253 e. The van der Waals surface area contributed by atoms with Gasteiger partial charge < -0.3 is 5.32 Å². The maximum absolute atomic E-state index is 12.0. The molecule has 104 valence electrons. The summed E-state index contributed by atoms with van der Waals surface area (Å²) < 4.78 is 22.9. The zero-order chi connectivity index (χ0) is 14.3. The lowest BCUT2D eigenvalue weighted by Crippen LogP contribution is -2.46. The summed E-state index contributed by atoms with van der Waals surface area (Å²) >= 11 is 11.5. The lowest BCUT2D eigenvalue weighted by atomic mass is 10.0. The molecule has 0 radical (unpaired) electrons. The van der Waals surface area contributed by atoms with Gasteiger partial charge in [-0.1, -0.05) is 23.2 Å². The number of hydrogen-bond donors (Lipinski definition) is 1. The Morgan fingerprint density at radius 3 is 2.68 bits per heavy atom. The Morgan fingerprint density at radius 2 is 2.16 bits per heavy atom. The van der Waals surface area contributed by atoms with E-state index >= 15 is 0 Å². The van der Waals surface area contributed by atoms with Crippen LogP contribution in [0.15, 0.2) is 12.3 Å². The number of nitrogens with one attached hydrogen (secondary N) is 1. The molecule has 0 aromatic carbocycles. The first-order chi connectivity index (χ1) is 8.71. The molecular formula is C11H12Cl2N2O3S. The first kappa shape index (κ1) is 14.6. The summed E-state index contributed by atoms with van der Waals surface area (Å²) in [7, 11) is -3.07. The number of hydrogen-bond acceptors (Lipinski definition) is 4. The number of carbonyl (C=O) groups is 1. The van der Waals surface area contributed by atoms with Crippen LogP contribution in [0.1, 0.15) is 23.7 Å². The smallest absolute Gasteiger partial charge is 0.253 e. The Labute approximate surface area is 121 Å². The van der Waals surface area contributed by atoms with Crippen molar-refractivity contribution in [2.45, 2.75) is 18.9 Å². The van der Waals surface area contributed by atoms with Gasteiger partial charge in [0.25, 0.3) is 5.91 Å². The van der Waals surface area contributed by atoms with Crippen LogP contribution in [0.5, 0.6) is 0 Å². The number of sulfone groups is 1. The third kappa shape index (κ3) is 3.38. The summed E-state index contributed by atoms with van der Waals surface area (Å²) in [4.78, 5) is 15.8. The van der Waals surface area contributed by atoms with Gasteiger partial charge in [-0.15, -0.1) is 0 Å². The number of amides is 1. The van der Waals surface area contributed by atoms with E-state index in [1.807, 2.05) is 0 Å². The van der Waals surface area contributed by atoms with Gasteiger partial charge in [0.2, 0.25) is 0 Å². The van der Waals surface area contributed by atoms with Crippen molar-refractivity contribution < 1.29 is 13.2 Å². The van der Waals surface area contributed by atoms with Gasteiger partial charge in [0.15, 0.2) is 9.84 Å². The molecular weight excluding hydrogens is 311 g/mol. The van der Waals surface area contributed by atoms with Crippen molar-refractivity contribution in [1.29, 1.82) is 0 Å². The Morgan fingerprint density at radius 1 is 1.47 bits per heavy atom. The number of carbonyl (C=O) groups excluding carboxylic acids is 1. The van der Waals surface area contributed by atoms with Crippen molar-refractivity contribution in [3.05, 3.63) is 28.0 Å². The lowest BCUT2D eigenvalue weighted by molar-refractivity contribution is 0.0915. The van der Waals surface area contributed by atoms with Crippen LogP contribution in [0, 0.1) is 0 Å². The monoisotopic (exact) mass is 322 g/mol. The second-order valence-electron chi connectivity index (χ2n) is 4.85. The van der Waals surface area contributed by atoms with Crippen LogP contribution in [0.3, 0.4) is 0 Å². The third-order valence-corrected chi connectivity index (χ3v) is 5.57. The fourth-order valence-electron chi connectivity index (χ4n) is 2.00. The van der Waals surface area contributed by atoms with Gasteiger partial charge in [0.05, 0.1) is 27.6 Å². The summed E-state index contributed by atoms with van der Waals surface area (Å²) in [6, 6.07) is 1.40. The molecule has 8 heteroatoms. The first-order valence-electron chi connectivity index (χ1n) is 5.55. The molecule has 1 aromatic rings. The first-order valence-corrected chi connectivity index (χ1v) is 8.13. The van der Waals surface area contributed by atoms with Crippen LogP contribution in [-0.2, 0) is 9.84 Å². The normalized spacial score (nSPS) is 25.2. The molecule has 1 saturated heterocycles. The van der Waals surface area contributed by atoms with Crippen LogP contribution in [0.25, 0.3) is 0 Å². The van der Waals surface area contributed by atoms with Gasteiger partial charge in [-0.3, -0.25) is 4.79 Å². The predicted molar refractivity (Wildman–Crippen MR) is 73.4 cm³/mol. The summed E-state index contributed by atoms with van der Waals surface area (Å²) in [6.07, 6.45) is 1.70. The Kier molecular flexibility index (Phi) is 3.77. The van der Waals surface area contributed by atoms with Crippen LogP contribution in [0.4, 0.5) is 0 Å². The highest BCUT2D eigenvalue weighted by molar-refractivity contribution is 7.91. The number of pyridine rings is 1. The molecule has 0 aliphatic carbocycles. The van der Waals surface area contributed by atoms with Gasteiger partial charge >= 0.3 is 0 Å². The van der Waals surface area contributed by atoms with Crippen molar-refractivity contribution in [3.63, 3.8) is 0 Å². The van der Waals surface area contributed by atoms with Gasteiger partial charge in [-0.25, -0.2) is 13.4 Å². The number of halogens is 2. The molecule has 0 spiro atoms. The average molecular weight is 323 g/mol. The maximum atomic E-state index is 12.0. The van der Waals surface area contributed by atoms with Crippen molar-refractivity contribution in [2.75, 3.05) is 11.5 Å². The molecule has 1 aromatic heterocycles. The molecule has 1 amide bonds. The molecule has 1 atom stereocenters. The van der Waals surface area contributed by atoms with E-state index in [9.17, 15) is 13.2 Å². The SMILES string of the molecule is CC1(NC(=O)c2cnc(Cl)c(Cl)c2)CCS(=O)(=O)C1. The molecule has 1 aliphatic rings. The molecule has 0 bridgehead atoms. The topological polar surface area (TPSA) is 76.1 Å². The zero-order valence-corrected chi connectivity index (χ0v) is 12.4. The minimum Gasteiger partial charge on any atom is -0.346 e. The highest BCUT2D eigenvalue weighted by atomic mass is 35.5. The van der Waals surface area contributed by atoms with Gasteiger partial charge in [-0.05, 0) is 19.4 Å². The van der Waals surface area contributed by atoms with Crippen molar-refractivity contribution in [2.24, 2.45) is 0 Å². The minimum absolute atomic E-state index is 0.0551. The molecule has 19 heavy (non-hydrogen) atoms. The van der Waals surface area contributed by atoms with E-state index in [2.05, 4.69) is 10.3 Å². The summed E-state index contributed by atoms with van der Waals surface area (Å²) in [5, 5.41) is 3.01. The highest BCUT2D eigenvalue weighted by Gasteiger charge is 2.39. The zero-order valence-electron chi connectivity index (χ0n) is 10.1. The standard InChI is InChI=1S/C11H12Cl2N2O3S/c1-11(2-3-19(17,18)6-11)15-10(16)7-4-8(12)9(13)14-5-7/h4-5H,2-3,6H2,1H3,(H,15,16). The van der Waals surface area contributed by atoms with Crippen LogP contribution >= 0.6 is 23.2 Å². The molecule has 2 heterocycles. The van der Waals surface area contributed by atoms with Crippen molar-refractivity contribution in [3.8, 4) is 0 Å². The quantitative estimate of drug-likeness (QED) is 0.841. The fraction of sp³-hybridized carbons (Fsp3) is 0.455. The molecule has 1 fully saturated rings. The van der Waals surface area contributed by atoms with Gasteiger partial charge in [0.1, 0.15) is 5.15 Å². The van der Waals surface area contributed by atoms with Crippen molar-refractivity contribution in [1.82, 2.24) is 10.3 Å². The van der Waals surface area contributed by atoms with Gasteiger partial charge in [-0.2, -0.15) is 0 Å². The second kappa shape index (κ2) is 4.92. The molecule has 1 aliphatic heterocycles. The molecule has 0 saturated carbocycles. The van der Waals surface area contributed by atoms with Crippen LogP contribution in [0.2, 0.25) is 10.2 Å². The summed E-state index contributed by atoms with van der Waals surface area (Å²) in [5.41, 5.74) is -0.498. The van der Waals surface area contributed by atoms with Crippen molar-refractivity contribution >= 4 is 38.9 Å². The number of rotatable bonds is 2. The van der Waals surface area contributed by atoms with E-state index in [0.29, 0.717) is 6.42 Å². The Bertz CT molecular complexity index is 633. The average Bonchev–Trinajstić information content (AvgIpc) is 2.56. The predicted octanol–water partition coefficient (Wildman–Crippen LogP) is 1.70. The molecule has 1 N–H and O–H groups in total. The summed E-state index contributed by atoms with van der Waals surface area (Å²) in [5.74, 6) is -0.380. The van der Waals surface area contributed by atoms with Crippen LogP contribution < -0.4 is 5.32 Å². The molecule has 5 nitrogen and oxygen atoms in total. The highest BCUT2D eigenvalue weighted by Crippen LogP contribution is 2.24. The Hall–Kier alpha value is -0.850. The van der Waals surface area contributed by atoms with E-state index in [1.165, 1.54) is 12.3 Å².